The molecule has 0 saturated heterocycles. The van der Waals surface area contributed by atoms with Crippen molar-refractivity contribution in [1.82, 2.24) is 4.98 Å². The predicted octanol–water partition coefficient (Wildman–Crippen LogP) is 2.73. The smallest absolute Gasteiger partial charge is 0.266 e. The first-order chi connectivity index (χ1) is 6.07. The molecular formula is C7H3BrF3NO. The first-order valence-electron chi connectivity index (χ1n) is 3.15. The van der Waals surface area contributed by atoms with Crippen LogP contribution in [0.15, 0.2) is 10.7 Å². The largest absolute Gasteiger partial charge is 0.296 e. The second kappa shape index (κ2) is 3.87. The van der Waals surface area contributed by atoms with Crippen LogP contribution in [0.3, 0.4) is 0 Å². The van der Waals surface area contributed by atoms with Gasteiger partial charge in [0.2, 0.25) is 0 Å². The lowest BCUT2D eigenvalue weighted by Gasteiger charge is -2.03. The van der Waals surface area contributed by atoms with Crippen LogP contribution in [-0.4, -0.2) is 11.3 Å². The summed E-state index contributed by atoms with van der Waals surface area (Å²) in [5, 5.41) is 0. The summed E-state index contributed by atoms with van der Waals surface area (Å²) < 4.78 is 36.8. The molecule has 0 aliphatic carbocycles. The fraction of sp³-hybridized carbons (Fsp3) is 0.143. The molecule has 0 atom stereocenters. The number of alkyl halides is 2. The number of hydrogen-bond donors (Lipinski definition) is 0. The van der Waals surface area contributed by atoms with Crippen molar-refractivity contribution in [3.05, 3.63) is 27.7 Å². The number of carbonyl (C=O) groups is 1. The second-order valence-corrected chi connectivity index (χ2v) is 2.94. The Morgan fingerprint density at radius 3 is 2.62 bits per heavy atom. The highest BCUT2D eigenvalue weighted by atomic mass is 79.9. The van der Waals surface area contributed by atoms with Crippen molar-refractivity contribution in [3.8, 4) is 0 Å². The van der Waals surface area contributed by atoms with Crippen LogP contribution in [0.1, 0.15) is 22.5 Å². The van der Waals surface area contributed by atoms with Gasteiger partial charge in [-0.1, -0.05) is 0 Å². The van der Waals surface area contributed by atoms with E-state index in [9.17, 15) is 18.0 Å². The van der Waals surface area contributed by atoms with Crippen LogP contribution in [0.4, 0.5) is 13.2 Å². The minimum Gasteiger partial charge on any atom is -0.296 e. The number of aldehydes is 1. The average molecular weight is 254 g/mol. The van der Waals surface area contributed by atoms with E-state index in [0.717, 1.165) is 6.20 Å². The van der Waals surface area contributed by atoms with Crippen molar-refractivity contribution in [3.63, 3.8) is 0 Å². The Balaban J connectivity index is 3.31. The molecule has 1 aromatic rings. The molecule has 0 amide bonds. The molecule has 0 N–H and O–H groups in total. The monoisotopic (exact) mass is 253 g/mol. The molecule has 0 aliphatic rings. The molecule has 6 heteroatoms. The van der Waals surface area contributed by atoms with E-state index in [4.69, 9.17) is 0 Å². The number of carbonyl (C=O) groups excluding carboxylic acids is 1. The molecule has 1 rings (SSSR count). The van der Waals surface area contributed by atoms with Crippen LogP contribution >= 0.6 is 15.9 Å². The lowest BCUT2D eigenvalue weighted by Crippen LogP contribution is -1.98. The van der Waals surface area contributed by atoms with Gasteiger partial charge in [-0.15, -0.1) is 0 Å². The Bertz CT molecular complexity index is 343. The quantitative estimate of drug-likeness (QED) is 0.759. The summed E-state index contributed by atoms with van der Waals surface area (Å²) in [5.74, 6) is -1.06. The van der Waals surface area contributed by atoms with E-state index in [1.54, 1.807) is 0 Å². The maximum atomic E-state index is 12.9. The molecule has 1 aromatic heterocycles. The first-order valence-corrected chi connectivity index (χ1v) is 3.94. The molecule has 2 nitrogen and oxygen atoms in total. The maximum Gasteiger partial charge on any atom is 0.266 e. The van der Waals surface area contributed by atoms with Gasteiger partial charge in [-0.3, -0.25) is 4.79 Å². The highest BCUT2D eigenvalue weighted by Gasteiger charge is 2.18. The van der Waals surface area contributed by atoms with E-state index in [1.165, 1.54) is 0 Å². The summed E-state index contributed by atoms with van der Waals surface area (Å²) in [5.41, 5.74) is -1.06. The molecule has 0 aliphatic heterocycles. The Kier molecular flexibility index (Phi) is 3.02. The number of hydrogen-bond acceptors (Lipinski definition) is 2. The normalized spacial score (nSPS) is 10.5. The predicted molar refractivity (Wildman–Crippen MR) is 42.2 cm³/mol. The van der Waals surface area contributed by atoms with Crippen molar-refractivity contribution in [1.29, 1.82) is 0 Å². The second-order valence-electron chi connectivity index (χ2n) is 2.15. The molecule has 0 spiro atoms. The van der Waals surface area contributed by atoms with Crippen molar-refractivity contribution in [2.75, 3.05) is 0 Å². The van der Waals surface area contributed by atoms with Gasteiger partial charge in [0.1, 0.15) is 5.69 Å². The van der Waals surface area contributed by atoms with E-state index in [-0.39, 0.29) is 6.29 Å². The molecule has 0 unspecified atom stereocenters. The van der Waals surface area contributed by atoms with Gasteiger partial charge in [0.15, 0.2) is 12.1 Å². The number of nitrogens with zero attached hydrogens (tertiary/aromatic N) is 1. The van der Waals surface area contributed by atoms with Crippen molar-refractivity contribution in [2.45, 2.75) is 6.43 Å². The zero-order chi connectivity index (χ0) is 10.0. The molecule has 0 bridgehead atoms. The van der Waals surface area contributed by atoms with Crippen LogP contribution in [0.2, 0.25) is 0 Å². The van der Waals surface area contributed by atoms with E-state index < -0.39 is 28.0 Å². The third-order valence-corrected chi connectivity index (χ3v) is 2.17. The standard InChI is InChI=1S/C7H3BrF3NO/c8-5-3(7(10)11)1-12-4(2-13)6(5)9/h1-2,7H. The summed E-state index contributed by atoms with van der Waals surface area (Å²) in [6, 6.07) is 0. The number of rotatable bonds is 2. The number of aromatic nitrogens is 1. The number of halogens is 4. The van der Waals surface area contributed by atoms with Gasteiger partial charge >= 0.3 is 0 Å². The zero-order valence-corrected chi connectivity index (χ0v) is 7.69. The van der Waals surface area contributed by atoms with Crippen molar-refractivity contribution in [2.24, 2.45) is 0 Å². The molecule has 0 radical (unpaired) electrons. The average Bonchev–Trinajstić information content (AvgIpc) is 2.09. The first kappa shape index (κ1) is 10.2. The van der Waals surface area contributed by atoms with E-state index in [0.29, 0.717) is 0 Å². The molecule has 0 saturated carbocycles. The van der Waals surface area contributed by atoms with E-state index in [2.05, 4.69) is 20.9 Å². The van der Waals surface area contributed by atoms with Crippen LogP contribution in [0, 0.1) is 5.82 Å². The van der Waals surface area contributed by atoms with E-state index in [1.807, 2.05) is 0 Å². The Hall–Kier alpha value is -0.910. The van der Waals surface area contributed by atoms with Crippen LogP contribution in [-0.2, 0) is 0 Å². The van der Waals surface area contributed by atoms with Crippen LogP contribution < -0.4 is 0 Å². The third kappa shape index (κ3) is 1.88. The molecule has 0 aromatic carbocycles. The van der Waals surface area contributed by atoms with Crippen molar-refractivity contribution < 1.29 is 18.0 Å². The van der Waals surface area contributed by atoms with E-state index >= 15 is 0 Å². The van der Waals surface area contributed by atoms with Crippen LogP contribution in [0.5, 0.6) is 0 Å². The van der Waals surface area contributed by atoms with Crippen LogP contribution in [0.25, 0.3) is 0 Å². The summed E-state index contributed by atoms with van der Waals surface area (Å²) in [6.07, 6.45) is -1.89. The third-order valence-electron chi connectivity index (χ3n) is 1.36. The summed E-state index contributed by atoms with van der Waals surface area (Å²) >= 11 is 2.62. The fourth-order valence-corrected chi connectivity index (χ4v) is 1.20. The van der Waals surface area contributed by atoms with Gasteiger partial charge in [0, 0.05) is 6.20 Å². The Morgan fingerprint density at radius 2 is 2.15 bits per heavy atom. The van der Waals surface area contributed by atoms with Gasteiger partial charge in [0.25, 0.3) is 6.43 Å². The summed E-state index contributed by atoms with van der Waals surface area (Å²) in [6.45, 7) is 0. The zero-order valence-electron chi connectivity index (χ0n) is 6.10. The van der Waals surface area contributed by atoms with Crippen molar-refractivity contribution >= 4 is 22.2 Å². The number of pyridine rings is 1. The lowest BCUT2D eigenvalue weighted by atomic mass is 10.2. The minimum absolute atomic E-state index is 0.162. The highest BCUT2D eigenvalue weighted by molar-refractivity contribution is 9.10. The van der Waals surface area contributed by atoms with Gasteiger partial charge in [-0.25, -0.2) is 18.2 Å². The molecule has 0 fully saturated rings. The minimum atomic E-state index is -2.82. The molecular weight excluding hydrogens is 251 g/mol. The topological polar surface area (TPSA) is 30.0 Å². The Morgan fingerprint density at radius 1 is 1.54 bits per heavy atom. The highest BCUT2D eigenvalue weighted by Crippen LogP contribution is 2.29. The Labute approximate surface area is 79.9 Å². The van der Waals surface area contributed by atoms with Gasteiger partial charge in [-0.05, 0) is 15.9 Å². The lowest BCUT2D eigenvalue weighted by molar-refractivity contribution is 0.111. The molecule has 13 heavy (non-hydrogen) atoms. The SMILES string of the molecule is O=Cc1ncc(C(F)F)c(Br)c1F. The fourth-order valence-electron chi connectivity index (χ4n) is 0.726. The van der Waals surface area contributed by atoms with Gasteiger partial charge in [-0.2, -0.15) is 0 Å². The molecule has 1 heterocycles. The molecule has 70 valence electrons. The summed E-state index contributed by atoms with van der Waals surface area (Å²) in [4.78, 5) is 13.4. The summed E-state index contributed by atoms with van der Waals surface area (Å²) in [7, 11) is 0. The maximum absolute atomic E-state index is 12.9. The van der Waals surface area contributed by atoms with Gasteiger partial charge < -0.3 is 0 Å². The van der Waals surface area contributed by atoms with Gasteiger partial charge in [0.05, 0.1) is 10.0 Å².